The number of rotatable bonds is 7. The second kappa shape index (κ2) is 7.64. The number of nitrogens with zero attached hydrogens (tertiary/aromatic N) is 3. The molecule has 0 aliphatic heterocycles. The fraction of sp³-hybridized carbons (Fsp3) is 0.538. The molecule has 0 aromatic carbocycles. The first-order valence-corrected chi connectivity index (χ1v) is 5.94. The second-order valence-electron chi connectivity index (χ2n) is 4.01. The van der Waals surface area contributed by atoms with Crippen molar-refractivity contribution >= 4 is 5.69 Å². The largest absolute Gasteiger partial charge is 0.387 e. The monoisotopic (exact) mass is 249 g/mol. The fourth-order valence-corrected chi connectivity index (χ4v) is 1.59. The normalized spacial score (nSPS) is 11.9. The maximum Gasteiger partial charge on any atom is 0.0931 e. The van der Waals surface area contributed by atoms with Crippen LogP contribution < -0.4 is 4.90 Å². The molecule has 0 saturated carbocycles. The van der Waals surface area contributed by atoms with Gasteiger partial charge in [0.1, 0.15) is 0 Å². The number of hydrogen-bond acceptors (Lipinski definition) is 5. The van der Waals surface area contributed by atoms with Gasteiger partial charge in [-0.15, -0.1) is 0 Å². The van der Waals surface area contributed by atoms with E-state index in [4.69, 9.17) is 10.00 Å². The smallest absolute Gasteiger partial charge is 0.0931 e. The van der Waals surface area contributed by atoms with E-state index in [1.807, 2.05) is 11.0 Å². The average Bonchev–Trinajstić information content (AvgIpc) is 2.39. The van der Waals surface area contributed by atoms with Crippen LogP contribution in [0.4, 0.5) is 5.69 Å². The molecule has 5 heteroatoms. The van der Waals surface area contributed by atoms with Crippen LogP contribution in [-0.2, 0) is 4.74 Å². The fourth-order valence-electron chi connectivity index (χ4n) is 1.59. The first-order valence-electron chi connectivity index (χ1n) is 5.94. The summed E-state index contributed by atoms with van der Waals surface area (Å²) in [6, 6.07) is 5.83. The van der Waals surface area contributed by atoms with E-state index in [0.717, 1.165) is 5.69 Å². The van der Waals surface area contributed by atoms with Crippen LogP contribution in [0.25, 0.3) is 0 Å². The lowest BCUT2D eigenvalue weighted by Gasteiger charge is -2.23. The number of aromatic nitrogens is 1. The Morgan fingerprint density at radius 2 is 2.28 bits per heavy atom. The van der Waals surface area contributed by atoms with Gasteiger partial charge in [-0.1, -0.05) is 0 Å². The molecular weight excluding hydrogens is 230 g/mol. The van der Waals surface area contributed by atoms with Gasteiger partial charge < -0.3 is 14.7 Å². The lowest BCUT2D eigenvalue weighted by molar-refractivity contribution is 0.194. The molecule has 1 aromatic rings. The molecule has 1 N–H and O–H groups in total. The average molecular weight is 249 g/mol. The van der Waals surface area contributed by atoms with Gasteiger partial charge >= 0.3 is 0 Å². The van der Waals surface area contributed by atoms with Crippen molar-refractivity contribution in [3.63, 3.8) is 0 Å². The predicted octanol–water partition coefficient (Wildman–Crippen LogP) is 1.50. The van der Waals surface area contributed by atoms with E-state index in [1.165, 1.54) is 0 Å². The number of methoxy groups -OCH3 is 1. The zero-order valence-electron chi connectivity index (χ0n) is 10.8. The molecule has 1 aromatic heterocycles. The third-order valence-electron chi connectivity index (χ3n) is 2.62. The van der Waals surface area contributed by atoms with E-state index in [0.29, 0.717) is 31.8 Å². The van der Waals surface area contributed by atoms with E-state index in [-0.39, 0.29) is 0 Å². The topological polar surface area (TPSA) is 69.4 Å². The molecule has 1 heterocycles. The standard InChI is InChI=1S/C13H19N3O2/c1-11(17)13-5-4-12(10-15-13)16(7-3-6-14)8-9-18-2/h4-5,10-11,17H,3,7-9H2,1-2H3. The lowest BCUT2D eigenvalue weighted by atomic mass is 10.2. The Balaban J connectivity index is 2.74. The van der Waals surface area contributed by atoms with Gasteiger partial charge in [0.25, 0.3) is 0 Å². The van der Waals surface area contributed by atoms with Crippen LogP contribution in [0, 0.1) is 11.3 Å². The summed E-state index contributed by atoms with van der Waals surface area (Å²) < 4.78 is 5.05. The van der Waals surface area contributed by atoms with E-state index in [1.54, 1.807) is 26.3 Å². The van der Waals surface area contributed by atoms with Crippen LogP contribution in [0.5, 0.6) is 0 Å². The Morgan fingerprint density at radius 3 is 2.78 bits per heavy atom. The molecule has 0 spiro atoms. The van der Waals surface area contributed by atoms with Gasteiger partial charge in [-0.3, -0.25) is 4.98 Å². The molecule has 0 fully saturated rings. The first-order chi connectivity index (χ1) is 8.69. The highest BCUT2D eigenvalue weighted by atomic mass is 16.5. The van der Waals surface area contributed by atoms with Gasteiger partial charge in [-0.05, 0) is 19.1 Å². The molecule has 1 unspecified atom stereocenters. The highest BCUT2D eigenvalue weighted by Gasteiger charge is 2.08. The van der Waals surface area contributed by atoms with Crippen LogP contribution in [0.3, 0.4) is 0 Å². The zero-order chi connectivity index (χ0) is 13.4. The summed E-state index contributed by atoms with van der Waals surface area (Å²) in [6.07, 6.45) is 1.61. The van der Waals surface area contributed by atoms with Gasteiger partial charge in [0.15, 0.2) is 0 Å². The summed E-state index contributed by atoms with van der Waals surface area (Å²) >= 11 is 0. The highest BCUT2D eigenvalue weighted by molar-refractivity contribution is 5.44. The molecule has 0 radical (unpaired) electrons. The maximum atomic E-state index is 9.40. The van der Waals surface area contributed by atoms with Crippen molar-refractivity contribution in [2.24, 2.45) is 0 Å². The summed E-state index contributed by atoms with van der Waals surface area (Å²) in [4.78, 5) is 6.25. The molecule has 0 aliphatic carbocycles. The molecule has 0 bridgehead atoms. The molecule has 1 atom stereocenters. The van der Waals surface area contributed by atoms with Gasteiger partial charge in [-0.2, -0.15) is 5.26 Å². The highest BCUT2D eigenvalue weighted by Crippen LogP contribution is 2.16. The third kappa shape index (κ3) is 4.32. The van der Waals surface area contributed by atoms with Crippen molar-refractivity contribution in [3.05, 3.63) is 24.0 Å². The van der Waals surface area contributed by atoms with Crippen molar-refractivity contribution in [2.45, 2.75) is 19.4 Å². The summed E-state index contributed by atoms with van der Waals surface area (Å²) in [5.41, 5.74) is 1.58. The molecule has 5 nitrogen and oxygen atoms in total. The number of hydrogen-bond donors (Lipinski definition) is 1. The molecule has 0 aliphatic rings. The molecule has 18 heavy (non-hydrogen) atoms. The Labute approximate surface area is 108 Å². The van der Waals surface area contributed by atoms with Crippen molar-refractivity contribution in [1.29, 1.82) is 5.26 Å². The van der Waals surface area contributed by atoms with Crippen molar-refractivity contribution in [2.75, 3.05) is 31.7 Å². The van der Waals surface area contributed by atoms with Crippen LogP contribution in [0.15, 0.2) is 18.3 Å². The van der Waals surface area contributed by atoms with E-state index in [2.05, 4.69) is 11.1 Å². The zero-order valence-corrected chi connectivity index (χ0v) is 10.8. The van der Waals surface area contributed by atoms with Gasteiger partial charge in [0.05, 0.1) is 42.8 Å². The van der Waals surface area contributed by atoms with Gasteiger partial charge in [0.2, 0.25) is 0 Å². The Bertz CT molecular complexity index is 384. The van der Waals surface area contributed by atoms with Crippen molar-refractivity contribution in [1.82, 2.24) is 4.98 Å². The number of aliphatic hydroxyl groups is 1. The van der Waals surface area contributed by atoms with E-state index >= 15 is 0 Å². The van der Waals surface area contributed by atoms with E-state index < -0.39 is 6.10 Å². The maximum absolute atomic E-state index is 9.40. The molecule has 0 saturated heterocycles. The summed E-state index contributed by atoms with van der Waals surface area (Å²) in [6.45, 7) is 3.65. The predicted molar refractivity (Wildman–Crippen MR) is 69.2 cm³/mol. The Hall–Kier alpha value is -1.64. The minimum absolute atomic E-state index is 0.460. The Kier molecular flexibility index (Phi) is 6.12. The lowest BCUT2D eigenvalue weighted by Crippen LogP contribution is -2.28. The summed E-state index contributed by atoms with van der Waals surface area (Å²) in [5.74, 6) is 0. The first kappa shape index (κ1) is 14.4. The van der Waals surface area contributed by atoms with Crippen molar-refractivity contribution < 1.29 is 9.84 Å². The molecule has 98 valence electrons. The summed E-state index contributed by atoms with van der Waals surface area (Å²) in [7, 11) is 1.65. The van der Waals surface area contributed by atoms with Crippen LogP contribution in [0.2, 0.25) is 0 Å². The number of nitriles is 1. The number of pyridine rings is 1. The number of ether oxygens (including phenoxy) is 1. The minimum atomic E-state index is -0.564. The van der Waals surface area contributed by atoms with Crippen LogP contribution in [0.1, 0.15) is 25.1 Å². The molecular formula is C13H19N3O2. The molecule has 0 amide bonds. The quantitative estimate of drug-likeness (QED) is 0.793. The van der Waals surface area contributed by atoms with Gasteiger partial charge in [-0.25, -0.2) is 0 Å². The Morgan fingerprint density at radius 1 is 1.50 bits per heavy atom. The van der Waals surface area contributed by atoms with Crippen molar-refractivity contribution in [3.8, 4) is 6.07 Å². The minimum Gasteiger partial charge on any atom is -0.387 e. The third-order valence-corrected chi connectivity index (χ3v) is 2.62. The molecule has 1 rings (SSSR count). The number of aliphatic hydroxyl groups excluding tert-OH is 1. The summed E-state index contributed by atoms with van der Waals surface area (Å²) in [5, 5.41) is 18.0. The second-order valence-corrected chi connectivity index (χ2v) is 4.01. The van der Waals surface area contributed by atoms with Crippen LogP contribution >= 0.6 is 0 Å². The SMILES string of the molecule is COCCN(CCC#N)c1ccc(C(C)O)nc1. The van der Waals surface area contributed by atoms with E-state index in [9.17, 15) is 5.11 Å². The van der Waals surface area contributed by atoms with Gasteiger partial charge in [0, 0.05) is 20.2 Å². The number of anilines is 1. The van der Waals surface area contributed by atoms with Crippen LogP contribution in [-0.4, -0.2) is 36.9 Å².